The number of carbonyl (C=O) groups is 2. The summed E-state index contributed by atoms with van der Waals surface area (Å²) in [5.74, 6) is 0.0912. The summed E-state index contributed by atoms with van der Waals surface area (Å²) >= 11 is 1.45. The third-order valence-corrected chi connectivity index (χ3v) is 5.81. The second-order valence-electron chi connectivity index (χ2n) is 6.28. The summed E-state index contributed by atoms with van der Waals surface area (Å²) in [6.45, 7) is 7.95. The Kier molecular flexibility index (Phi) is 5.18. The molecule has 1 aliphatic heterocycles. The Hall–Kier alpha value is -2.21. The van der Waals surface area contributed by atoms with E-state index >= 15 is 0 Å². The number of aryl methyl sites for hydroxylation is 2. The predicted molar refractivity (Wildman–Crippen MR) is 99.8 cm³/mol. The van der Waals surface area contributed by atoms with Crippen molar-refractivity contribution in [1.82, 2.24) is 14.8 Å². The molecule has 0 saturated carbocycles. The molecule has 132 valence electrons. The van der Waals surface area contributed by atoms with E-state index in [1.807, 2.05) is 11.8 Å². The highest BCUT2D eigenvalue weighted by molar-refractivity contribution is 7.17. The van der Waals surface area contributed by atoms with Crippen LogP contribution in [-0.2, 0) is 11.2 Å². The molecular weight excluding hydrogens is 334 g/mol. The standard InChI is InChI=1S/C19H23N3O2S/c1-4-15-5-7-16(8-6-15)18-20-13(2)17(25-18)19(24)22-11-9-21(10-12-22)14(3)23/h5-8H,4,9-12H2,1-3H3. The van der Waals surface area contributed by atoms with Gasteiger partial charge in [0, 0.05) is 38.7 Å². The number of hydrogen-bond acceptors (Lipinski definition) is 4. The fourth-order valence-electron chi connectivity index (χ4n) is 2.97. The third kappa shape index (κ3) is 3.74. The van der Waals surface area contributed by atoms with Crippen LogP contribution in [0.15, 0.2) is 24.3 Å². The van der Waals surface area contributed by atoms with Gasteiger partial charge in [-0.1, -0.05) is 31.2 Å². The first-order valence-corrected chi connectivity index (χ1v) is 9.42. The smallest absolute Gasteiger partial charge is 0.265 e. The van der Waals surface area contributed by atoms with Gasteiger partial charge in [-0.3, -0.25) is 9.59 Å². The minimum absolute atomic E-state index is 0.0228. The molecule has 3 rings (SSSR count). The molecule has 2 aromatic rings. The first kappa shape index (κ1) is 17.6. The van der Waals surface area contributed by atoms with Gasteiger partial charge in [0.25, 0.3) is 5.91 Å². The van der Waals surface area contributed by atoms with E-state index in [4.69, 9.17) is 0 Å². The average molecular weight is 357 g/mol. The van der Waals surface area contributed by atoms with Crippen LogP contribution in [0.4, 0.5) is 0 Å². The van der Waals surface area contributed by atoms with Crippen molar-refractivity contribution in [3.63, 3.8) is 0 Å². The van der Waals surface area contributed by atoms with Crippen LogP contribution >= 0.6 is 11.3 Å². The molecule has 25 heavy (non-hydrogen) atoms. The third-order valence-electron chi connectivity index (χ3n) is 4.61. The molecule has 1 fully saturated rings. The zero-order chi connectivity index (χ0) is 18.0. The zero-order valence-corrected chi connectivity index (χ0v) is 15.7. The summed E-state index contributed by atoms with van der Waals surface area (Å²) in [6, 6.07) is 8.34. The van der Waals surface area contributed by atoms with Gasteiger partial charge >= 0.3 is 0 Å². The monoisotopic (exact) mass is 357 g/mol. The number of amides is 2. The second kappa shape index (κ2) is 7.35. The van der Waals surface area contributed by atoms with Crippen LogP contribution in [0.3, 0.4) is 0 Å². The number of hydrogen-bond donors (Lipinski definition) is 0. The van der Waals surface area contributed by atoms with Crippen molar-refractivity contribution < 1.29 is 9.59 Å². The van der Waals surface area contributed by atoms with Crippen molar-refractivity contribution in [2.45, 2.75) is 27.2 Å². The summed E-state index contributed by atoms with van der Waals surface area (Å²) in [6.07, 6.45) is 1.01. The van der Waals surface area contributed by atoms with Crippen molar-refractivity contribution in [2.75, 3.05) is 26.2 Å². The van der Waals surface area contributed by atoms with Crippen LogP contribution < -0.4 is 0 Å². The lowest BCUT2D eigenvalue weighted by molar-refractivity contribution is -0.130. The minimum atomic E-state index is 0.0228. The molecule has 1 aromatic heterocycles. The van der Waals surface area contributed by atoms with E-state index in [1.165, 1.54) is 16.9 Å². The molecule has 2 amide bonds. The van der Waals surface area contributed by atoms with E-state index in [0.29, 0.717) is 31.1 Å². The Bertz CT molecular complexity index is 774. The van der Waals surface area contributed by atoms with E-state index in [9.17, 15) is 9.59 Å². The van der Waals surface area contributed by atoms with Crippen molar-refractivity contribution in [2.24, 2.45) is 0 Å². The van der Waals surface area contributed by atoms with E-state index in [-0.39, 0.29) is 11.8 Å². The molecule has 1 aromatic carbocycles. The predicted octanol–water partition coefficient (Wildman–Crippen LogP) is 2.99. The number of rotatable bonds is 3. The van der Waals surface area contributed by atoms with Gasteiger partial charge in [0.2, 0.25) is 5.91 Å². The molecule has 0 atom stereocenters. The Morgan fingerprint density at radius 1 is 1.08 bits per heavy atom. The second-order valence-corrected chi connectivity index (χ2v) is 7.28. The van der Waals surface area contributed by atoms with Crippen molar-refractivity contribution >= 4 is 23.2 Å². The maximum atomic E-state index is 12.8. The zero-order valence-electron chi connectivity index (χ0n) is 14.9. The Balaban J connectivity index is 1.75. The summed E-state index contributed by atoms with van der Waals surface area (Å²) in [5, 5.41) is 0.880. The molecule has 0 spiro atoms. The molecule has 0 bridgehead atoms. The molecule has 0 unspecified atom stereocenters. The fourth-order valence-corrected chi connectivity index (χ4v) is 4.01. The molecule has 5 nitrogen and oxygen atoms in total. The first-order valence-electron chi connectivity index (χ1n) is 8.61. The number of aromatic nitrogens is 1. The van der Waals surface area contributed by atoms with Gasteiger partial charge in [0.15, 0.2) is 0 Å². The molecule has 0 N–H and O–H groups in total. The lowest BCUT2D eigenvalue weighted by Crippen LogP contribution is -2.50. The van der Waals surface area contributed by atoms with Crippen LogP contribution in [0, 0.1) is 6.92 Å². The number of piperazine rings is 1. The quantitative estimate of drug-likeness (QED) is 0.849. The Morgan fingerprint density at radius 3 is 2.24 bits per heavy atom. The molecule has 0 aliphatic carbocycles. The lowest BCUT2D eigenvalue weighted by Gasteiger charge is -2.34. The van der Waals surface area contributed by atoms with Crippen LogP contribution in [-0.4, -0.2) is 52.8 Å². The SMILES string of the molecule is CCc1ccc(-c2nc(C)c(C(=O)N3CCN(C(C)=O)CC3)s2)cc1. The van der Waals surface area contributed by atoms with Crippen LogP contribution in [0.25, 0.3) is 10.6 Å². The number of thiazole rings is 1. The Morgan fingerprint density at radius 2 is 1.68 bits per heavy atom. The van der Waals surface area contributed by atoms with Gasteiger partial charge in [0.1, 0.15) is 9.88 Å². The van der Waals surface area contributed by atoms with Gasteiger partial charge in [0.05, 0.1) is 5.69 Å². The summed E-state index contributed by atoms with van der Waals surface area (Å²) in [5.41, 5.74) is 3.11. The van der Waals surface area contributed by atoms with Crippen LogP contribution in [0.2, 0.25) is 0 Å². The van der Waals surface area contributed by atoms with Crippen LogP contribution in [0.1, 0.15) is 34.8 Å². The highest BCUT2D eigenvalue weighted by Gasteiger charge is 2.26. The van der Waals surface area contributed by atoms with Gasteiger partial charge in [-0.2, -0.15) is 0 Å². The summed E-state index contributed by atoms with van der Waals surface area (Å²) in [4.78, 5) is 33.2. The number of nitrogens with zero attached hydrogens (tertiary/aromatic N) is 3. The van der Waals surface area contributed by atoms with Crippen LogP contribution in [0.5, 0.6) is 0 Å². The van der Waals surface area contributed by atoms with Crippen molar-refractivity contribution in [3.8, 4) is 10.6 Å². The van der Waals surface area contributed by atoms with Gasteiger partial charge in [-0.25, -0.2) is 4.98 Å². The molecular formula is C19H23N3O2S. The molecule has 1 saturated heterocycles. The van der Waals surface area contributed by atoms with E-state index in [0.717, 1.165) is 22.7 Å². The maximum Gasteiger partial charge on any atom is 0.265 e. The van der Waals surface area contributed by atoms with Crippen molar-refractivity contribution in [1.29, 1.82) is 0 Å². The molecule has 1 aliphatic rings. The highest BCUT2D eigenvalue weighted by Crippen LogP contribution is 2.29. The maximum absolute atomic E-state index is 12.8. The average Bonchev–Trinajstić information content (AvgIpc) is 3.03. The molecule has 6 heteroatoms. The normalized spacial score (nSPS) is 14.7. The fraction of sp³-hybridized carbons (Fsp3) is 0.421. The number of benzene rings is 1. The summed E-state index contributed by atoms with van der Waals surface area (Å²) in [7, 11) is 0. The Labute approximate surface area is 152 Å². The van der Waals surface area contributed by atoms with Gasteiger partial charge in [-0.05, 0) is 18.9 Å². The topological polar surface area (TPSA) is 53.5 Å². The van der Waals surface area contributed by atoms with E-state index in [1.54, 1.807) is 11.8 Å². The summed E-state index contributed by atoms with van der Waals surface area (Å²) < 4.78 is 0. The largest absolute Gasteiger partial charge is 0.339 e. The number of carbonyl (C=O) groups excluding carboxylic acids is 2. The van der Waals surface area contributed by atoms with Gasteiger partial charge in [-0.15, -0.1) is 11.3 Å². The molecule has 2 heterocycles. The minimum Gasteiger partial charge on any atom is -0.339 e. The van der Waals surface area contributed by atoms with Gasteiger partial charge < -0.3 is 9.80 Å². The van der Waals surface area contributed by atoms with E-state index < -0.39 is 0 Å². The lowest BCUT2D eigenvalue weighted by atomic mass is 10.1. The highest BCUT2D eigenvalue weighted by atomic mass is 32.1. The van der Waals surface area contributed by atoms with E-state index in [2.05, 4.69) is 36.2 Å². The van der Waals surface area contributed by atoms with Crippen molar-refractivity contribution in [3.05, 3.63) is 40.4 Å². The first-order chi connectivity index (χ1) is 12.0. The molecule has 0 radical (unpaired) electrons.